The van der Waals surface area contributed by atoms with Gasteiger partial charge < -0.3 is 15.7 Å². The summed E-state index contributed by atoms with van der Waals surface area (Å²) in [5, 5.41) is 14.5. The number of aliphatic carboxylic acids is 1. The summed E-state index contributed by atoms with van der Waals surface area (Å²) in [6, 6.07) is 12.9. The van der Waals surface area contributed by atoms with Crippen molar-refractivity contribution in [1.29, 1.82) is 0 Å². The van der Waals surface area contributed by atoms with Crippen molar-refractivity contribution in [2.75, 3.05) is 16.4 Å². The standard InChI is InChI=1S/C20H17N3O4S2/c1-12-5-6-15-16(9-12)29-20(22-15)23-18(25)11-28-14-4-2-3-13(10-14)21-17(24)7-8-19(26)27/h2-10H,11H2,1H3,(H,21,24)(H,26,27)(H,22,23,25)/b8-7+. The average Bonchev–Trinajstić information content (AvgIpc) is 3.06. The van der Waals surface area contributed by atoms with Crippen molar-refractivity contribution in [1.82, 2.24) is 4.98 Å². The highest BCUT2D eigenvalue weighted by molar-refractivity contribution is 8.00. The van der Waals surface area contributed by atoms with Crippen molar-refractivity contribution < 1.29 is 19.5 Å². The molecule has 0 bridgehead atoms. The third-order valence-electron chi connectivity index (χ3n) is 3.64. The molecule has 0 aliphatic heterocycles. The number of aromatic nitrogens is 1. The van der Waals surface area contributed by atoms with Crippen molar-refractivity contribution in [2.24, 2.45) is 0 Å². The van der Waals surface area contributed by atoms with Gasteiger partial charge in [0.1, 0.15) is 0 Å². The van der Waals surface area contributed by atoms with E-state index in [-0.39, 0.29) is 11.7 Å². The number of carboxylic acids is 1. The van der Waals surface area contributed by atoms with E-state index < -0.39 is 11.9 Å². The molecule has 0 saturated heterocycles. The topological polar surface area (TPSA) is 108 Å². The lowest BCUT2D eigenvalue weighted by molar-refractivity contribution is -0.131. The Kier molecular flexibility index (Phi) is 6.63. The zero-order chi connectivity index (χ0) is 20.8. The first kappa shape index (κ1) is 20.6. The number of hydrogen-bond donors (Lipinski definition) is 3. The van der Waals surface area contributed by atoms with Crippen LogP contribution >= 0.6 is 23.1 Å². The number of fused-ring (bicyclic) bond motifs is 1. The Morgan fingerprint density at radius 3 is 2.76 bits per heavy atom. The van der Waals surface area contributed by atoms with E-state index in [2.05, 4.69) is 15.6 Å². The number of anilines is 2. The zero-order valence-corrected chi connectivity index (χ0v) is 17.0. The number of benzene rings is 2. The van der Waals surface area contributed by atoms with Gasteiger partial charge in [-0.3, -0.25) is 9.59 Å². The van der Waals surface area contributed by atoms with Crippen LogP contribution in [-0.4, -0.2) is 33.6 Å². The second-order valence-electron chi connectivity index (χ2n) is 6.02. The number of rotatable bonds is 7. The van der Waals surface area contributed by atoms with Crippen molar-refractivity contribution >= 4 is 61.9 Å². The number of nitrogens with one attached hydrogen (secondary N) is 2. The van der Waals surface area contributed by atoms with Crippen LogP contribution in [0.15, 0.2) is 59.5 Å². The second kappa shape index (κ2) is 9.35. The number of carbonyl (C=O) groups is 3. The third-order valence-corrected chi connectivity index (χ3v) is 5.57. The minimum Gasteiger partial charge on any atom is -0.478 e. The monoisotopic (exact) mass is 427 g/mol. The molecule has 3 aromatic rings. The van der Waals surface area contributed by atoms with Gasteiger partial charge in [0, 0.05) is 22.7 Å². The first-order chi connectivity index (χ1) is 13.9. The summed E-state index contributed by atoms with van der Waals surface area (Å²) < 4.78 is 1.02. The number of hydrogen-bond acceptors (Lipinski definition) is 6. The molecule has 1 aromatic heterocycles. The number of thioether (sulfide) groups is 1. The number of amides is 2. The molecule has 0 aliphatic rings. The average molecular weight is 428 g/mol. The minimum atomic E-state index is -1.20. The van der Waals surface area contributed by atoms with Crippen molar-refractivity contribution in [3.05, 3.63) is 60.2 Å². The first-order valence-electron chi connectivity index (χ1n) is 8.51. The van der Waals surface area contributed by atoms with Gasteiger partial charge in [0.25, 0.3) is 0 Å². The van der Waals surface area contributed by atoms with E-state index in [4.69, 9.17) is 5.11 Å². The van der Waals surface area contributed by atoms with Crippen molar-refractivity contribution in [3.63, 3.8) is 0 Å². The Morgan fingerprint density at radius 2 is 1.97 bits per heavy atom. The van der Waals surface area contributed by atoms with Gasteiger partial charge in [-0.2, -0.15) is 0 Å². The smallest absolute Gasteiger partial charge is 0.328 e. The molecule has 29 heavy (non-hydrogen) atoms. The largest absolute Gasteiger partial charge is 0.478 e. The van der Waals surface area contributed by atoms with Crippen molar-refractivity contribution in [2.45, 2.75) is 11.8 Å². The number of nitrogens with zero attached hydrogens (tertiary/aromatic N) is 1. The summed E-state index contributed by atoms with van der Waals surface area (Å²) in [5.74, 6) is -1.73. The van der Waals surface area contributed by atoms with E-state index in [1.165, 1.54) is 23.1 Å². The van der Waals surface area contributed by atoms with E-state index in [1.807, 2.05) is 31.2 Å². The molecule has 2 aromatic carbocycles. The molecule has 0 unspecified atom stereocenters. The summed E-state index contributed by atoms with van der Waals surface area (Å²) in [6.07, 6.45) is 1.71. The molecule has 0 fully saturated rings. The third kappa shape index (κ3) is 6.16. The minimum absolute atomic E-state index is 0.176. The van der Waals surface area contributed by atoms with Gasteiger partial charge in [0.15, 0.2) is 5.13 Å². The molecule has 1 heterocycles. The SMILES string of the molecule is Cc1ccc2nc(NC(=O)CSc3cccc(NC(=O)/C=C/C(=O)O)c3)sc2c1. The van der Waals surface area contributed by atoms with Gasteiger partial charge in [-0.15, -0.1) is 11.8 Å². The molecule has 2 amide bonds. The molecule has 0 spiro atoms. The summed E-state index contributed by atoms with van der Waals surface area (Å²) in [5.41, 5.74) is 2.50. The summed E-state index contributed by atoms with van der Waals surface area (Å²) in [6.45, 7) is 2.01. The molecule has 0 saturated carbocycles. The molecule has 0 radical (unpaired) electrons. The highest BCUT2D eigenvalue weighted by Crippen LogP contribution is 2.27. The van der Waals surface area contributed by atoms with Crippen LogP contribution in [-0.2, 0) is 14.4 Å². The van der Waals surface area contributed by atoms with Crippen LogP contribution in [0.3, 0.4) is 0 Å². The Balaban J connectivity index is 1.55. The normalized spacial score (nSPS) is 10.9. The molecular formula is C20H17N3O4S2. The van der Waals surface area contributed by atoms with Crippen LogP contribution in [0.4, 0.5) is 10.8 Å². The molecular weight excluding hydrogens is 410 g/mol. The van der Waals surface area contributed by atoms with E-state index in [1.54, 1.807) is 18.2 Å². The van der Waals surface area contributed by atoms with Crippen LogP contribution in [0.2, 0.25) is 0 Å². The van der Waals surface area contributed by atoms with E-state index in [0.29, 0.717) is 10.8 Å². The summed E-state index contributed by atoms with van der Waals surface area (Å²) in [7, 11) is 0. The lowest BCUT2D eigenvalue weighted by Gasteiger charge is -2.06. The highest BCUT2D eigenvalue weighted by atomic mass is 32.2. The lowest BCUT2D eigenvalue weighted by atomic mass is 10.2. The number of carboxylic acid groups (broad SMARTS) is 1. The first-order valence-corrected chi connectivity index (χ1v) is 10.3. The molecule has 0 aliphatic carbocycles. The maximum absolute atomic E-state index is 12.2. The second-order valence-corrected chi connectivity index (χ2v) is 8.10. The van der Waals surface area contributed by atoms with E-state index in [0.717, 1.165) is 32.8 Å². The Bertz CT molecular complexity index is 1110. The van der Waals surface area contributed by atoms with Crippen LogP contribution in [0.25, 0.3) is 10.2 Å². The number of thiazole rings is 1. The van der Waals surface area contributed by atoms with Gasteiger partial charge in [-0.05, 0) is 42.8 Å². The zero-order valence-electron chi connectivity index (χ0n) is 15.3. The summed E-state index contributed by atoms with van der Waals surface area (Å²) in [4.78, 5) is 39.5. The molecule has 9 heteroatoms. The van der Waals surface area contributed by atoms with Crippen molar-refractivity contribution in [3.8, 4) is 0 Å². The Labute approximate surface area is 174 Å². The summed E-state index contributed by atoms with van der Waals surface area (Å²) >= 11 is 2.75. The number of carbonyl (C=O) groups excluding carboxylic acids is 2. The predicted molar refractivity (Wildman–Crippen MR) is 116 cm³/mol. The van der Waals surface area contributed by atoms with E-state index in [9.17, 15) is 14.4 Å². The Hall–Kier alpha value is -3.17. The van der Waals surface area contributed by atoms with Crippen LogP contribution in [0.1, 0.15) is 5.56 Å². The number of aryl methyl sites for hydroxylation is 1. The predicted octanol–water partition coefficient (Wildman–Crippen LogP) is 3.91. The van der Waals surface area contributed by atoms with Gasteiger partial charge in [0.2, 0.25) is 11.8 Å². The fraction of sp³-hybridized carbons (Fsp3) is 0.100. The van der Waals surface area contributed by atoms with Crippen LogP contribution < -0.4 is 10.6 Å². The van der Waals surface area contributed by atoms with E-state index >= 15 is 0 Å². The molecule has 3 rings (SSSR count). The van der Waals surface area contributed by atoms with Crippen LogP contribution in [0.5, 0.6) is 0 Å². The molecule has 7 nitrogen and oxygen atoms in total. The van der Waals surface area contributed by atoms with Gasteiger partial charge in [0.05, 0.1) is 16.0 Å². The quantitative estimate of drug-likeness (QED) is 0.390. The fourth-order valence-corrected chi connectivity index (χ4v) is 4.12. The molecule has 3 N–H and O–H groups in total. The van der Waals surface area contributed by atoms with Gasteiger partial charge in [-0.1, -0.05) is 23.5 Å². The lowest BCUT2D eigenvalue weighted by Crippen LogP contribution is -2.13. The van der Waals surface area contributed by atoms with Gasteiger partial charge >= 0.3 is 5.97 Å². The molecule has 148 valence electrons. The van der Waals surface area contributed by atoms with Crippen LogP contribution in [0, 0.1) is 6.92 Å². The highest BCUT2D eigenvalue weighted by Gasteiger charge is 2.09. The van der Waals surface area contributed by atoms with Gasteiger partial charge in [-0.25, -0.2) is 9.78 Å². The fourth-order valence-electron chi connectivity index (χ4n) is 2.38. The maximum Gasteiger partial charge on any atom is 0.328 e. The Morgan fingerprint density at radius 1 is 1.14 bits per heavy atom. The molecule has 0 atom stereocenters. The maximum atomic E-state index is 12.2.